The van der Waals surface area contributed by atoms with E-state index in [1.807, 2.05) is 24.3 Å². The Morgan fingerprint density at radius 2 is 1.86 bits per heavy atom. The lowest BCUT2D eigenvalue weighted by Crippen LogP contribution is -2.43. The van der Waals surface area contributed by atoms with Gasteiger partial charge in [0.1, 0.15) is 12.4 Å². The van der Waals surface area contributed by atoms with Gasteiger partial charge in [-0.15, -0.1) is 5.10 Å². The van der Waals surface area contributed by atoms with E-state index in [1.54, 1.807) is 41.3 Å². The number of fused-ring (bicyclic) bond motifs is 1. The second kappa shape index (κ2) is 12.6. The van der Waals surface area contributed by atoms with Crippen LogP contribution in [-0.2, 0) is 27.2 Å². The number of benzene rings is 3. The Morgan fingerprint density at radius 1 is 1.07 bits per heavy atom. The number of Topliss-reactive ketones (excluding diaryl/α,β-unsaturated/α-hetero) is 1. The average Bonchev–Trinajstić information content (AvgIpc) is 3.54. The predicted molar refractivity (Wildman–Crippen MR) is 153 cm³/mol. The smallest absolute Gasteiger partial charge is 0.413 e. The zero-order valence-electron chi connectivity index (χ0n) is 22.4. The first kappa shape index (κ1) is 28.4. The number of carbonyl (C=O) groups excluding carboxylic acids is 4. The fourth-order valence-corrected chi connectivity index (χ4v) is 5.02. The molecule has 212 valence electrons. The molecule has 0 unspecified atom stereocenters. The zero-order chi connectivity index (χ0) is 29.6. The van der Waals surface area contributed by atoms with Crippen molar-refractivity contribution >= 4 is 41.4 Å². The summed E-state index contributed by atoms with van der Waals surface area (Å²) in [6, 6.07) is 18.3. The number of alkyl carbamates (subject to hydrolysis) is 1. The third-order valence-electron chi connectivity index (χ3n) is 6.86. The third-order valence-corrected chi connectivity index (χ3v) is 7.09. The first-order valence-corrected chi connectivity index (χ1v) is 13.3. The predicted octanol–water partition coefficient (Wildman–Crippen LogP) is 3.76. The van der Waals surface area contributed by atoms with Gasteiger partial charge in [-0.1, -0.05) is 48.0 Å². The number of methoxy groups -OCH3 is 1. The van der Waals surface area contributed by atoms with E-state index in [9.17, 15) is 19.2 Å². The molecular weight excluding hydrogens is 560 g/mol. The van der Waals surface area contributed by atoms with Gasteiger partial charge in [0, 0.05) is 35.2 Å². The molecular formula is C30H25ClN6O5. The van der Waals surface area contributed by atoms with Crippen LogP contribution in [0.1, 0.15) is 38.7 Å². The minimum Gasteiger partial charge on any atom is -0.453 e. The molecule has 5 rings (SSSR count). The number of nitrogens with zero attached hydrogens (tertiary/aromatic N) is 5. The van der Waals surface area contributed by atoms with Crippen molar-refractivity contribution in [2.45, 2.75) is 18.9 Å². The van der Waals surface area contributed by atoms with E-state index in [2.05, 4.69) is 25.6 Å². The van der Waals surface area contributed by atoms with E-state index >= 15 is 0 Å². The lowest BCUT2D eigenvalue weighted by Gasteiger charge is -2.36. The molecule has 1 atom stereocenters. The highest BCUT2D eigenvalue weighted by molar-refractivity contribution is 6.30. The summed E-state index contributed by atoms with van der Waals surface area (Å²) in [5, 5.41) is 13.8. The number of halogens is 1. The molecule has 4 aromatic rings. The number of tetrazole rings is 1. The summed E-state index contributed by atoms with van der Waals surface area (Å²) in [5.74, 6) is -1.12. The number of ketones is 1. The monoisotopic (exact) mass is 584 g/mol. The molecule has 0 aliphatic carbocycles. The van der Waals surface area contributed by atoms with Gasteiger partial charge in [0.25, 0.3) is 5.91 Å². The van der Waals surface area contributed by atoms with Crippen LogP contribution in [0.3, 0.4) is 0 Å². The highest BCUT2D eigenvalue weighted by Gasteiger charge is 2.34. The molecule has 2 heterocycles. The number of hydrogen-bond donors (Lipinski definition) is 1. The fourth-order valence-electron chi connectivity index (χ4n) is 4.83. The Bertz CT molecular complexity index is 1670. The molecule has 42 heavy (non-hydrogen) atoms. The van der Waals surface area contributed by atoms with Crippen LogP contribution in [-0.4, -0.2) is 62.5 Å². The van der Waals surface area contributed by atoms with Crippen LogP contribution >= 0.6 is 11.6 Å². The Balaban J connectivity index is 1.38. The van der Waals surface area contributed by atoms with E-state index in [0.717, 1.165) is 18.2 Å². The van der Waals surface area contributed by atoms with Crippen LogP contribution in [0, 0.1) is 0 Å². The molecule has 0 saturated carbocycles. The molecule has 0 fully saturated rings. The van der Waals surface area contributed by atoms with Crippen molar-refractivity contribution in [3.05, 3.63) is 112 Å². The van der Waals surface area contributed by atoms with E-state index < -0.39 is 18.0 Å². The zero-order valence-corrected chi connectivity index (χ0v) is 23.2. The second-order valence-corrected chi connectivity index (χ2v) is 9.90. The third kappa shape index (κ3) is 6.26. The number of ether oxygens (including phenoxy) is 1. The van der Waals surface area contributed by atoms with Crippen LogP contribution in [0.5, 0.6) is 0 Å². The van der Waals surface area contributed by atoms with Crippen molar-refractivity contribution in [1.29, 1.82) is 0 Å². The molecule has 1 aliphatic heterocycles. The van der Waals surface area contributed by atoms with Gasteiger partial charge < -0.3 is 9.64 Å². The standard InChI is InChI=1S/C30H25ClN6O5/c1-42-30(41)33-29(40)21-8-6-19(7-9-21)16-26(38)28-24-5-3-2-4-20(24)14-15-36(28)27(39)13-10-22-17-23(31)11-12-25(22)37-18-32-34-35-37/h2-13,17-18,28H,14-16H2,1H3,(H,33,40,41)/b13-10+/t28-/m1/s1. The number of nitrogens with one attached hydrogen (secondary N) is 1. The van der Waals surface area contributed by atoms with E-state index in [-0.39, 0.29) is 23.7 Å². The number of rotatable bonds is 7. The van der Waals surface area contributed by atoms with Crippen molar-refractivity contribution in [1.82, 2.24) is 30.4 Å². The minimum absolute atomic E-state index is 0.0309. The number of carbonyl (C=O) groups is 4. The topological polar surface area (TPSA) is 136 Å². The van der Waals surface area contributed by atoms with E-state index in [0.29, 0.717) is 34.8 Å². The maximum atomic E-state index is 13.8. The quantitative estimate of drug-likeness (QED) is 0.324. The molecule has 1 aromatic heterocycles. The van der Waals surface area contributed by atoms with Gasteiger partial charge in [-0.3, -0.25) is 19.7 Å². The molecule has 12 heteroatoms. The van der Waals surface area contributed by atoms with Crippen molar-refractivity contribution in [2.75, 3.05) is 13.7 Å². The minimum atomic E-state index is -0.865. The Kier molecular flexibility index (Phi) is 8.49. The van der Waals surface area contributed by atoms with Gasteiger partial charge in [0.05, 0.1) is 12.8 Å². The van der Waals surface area contributed by atoms with Gasteiger partial charge in [-0.2, -0.15) is 4.68 Å². The lowest BCUT2D eigenvalue weighted by atomic mass is 9.88. The number of amides is 3. The summed E-state index contributed by atoms with van der Waals surface area (Å²) >= 11 is 6.22. The molecule has 11 nitrogen and oxygen atoms in total. The Labute approximate surface area is 245 Å². The van der Waals surface area contributed by atoms with Crippen LogP contribution < -0.4 is 5.32 Å². The first-order chi connectivity index (χ1) is 20.3. The highest BCUT2D eigenvalue weighted by Crippen LogP contribution is 2.32. The largest absolute Gasteiger partial charge is 0.453 e. The molecule has 0 saturated heterocycles. The summed E-state index contributed by atoms with van der Waals surface area (Å²) in [7, 11) is 1.16. The summed E-state index contributed by atoms with van der Waals surface area (Å²) < 4.78 is 5.91. The maximum Gasteiger partial charge on any atom is 0.413 e. The van der Waals surface area contributed by atoms with Gasteiger partial charge in [0.2, 0.25) is 5.91 Å². The second-order valence-electron chi connectivity index (χ2n) is 9.46. The molecule has 0 bridgehead atoms. The molecule has 1 N–H and O–H groups in total. The van der Waals surface area contributed by atoms with Crippen molar-refractivity contribution in [2.24, 2.45) is 0 Å². The van der Waals surface area contributed by atoms with Crippen molar-refractivity contribution in [3.63, 3.8) is 0 Å². The number of aromatic nitrogens is 4. The van der Waals surface area contributed by atoms with Crippen LogP contribution in [0.2, 0.25) is 5.02 Å². The van der Waals surface area contributed by atoms with Crippen molar-refractivity contribution < 1.29 is 23.9 Å². The number of imide groups is 1. The Morgan fingerprint density at radius 3 is 2.60 bits per heavy atom. The maximum absolute atomic E-state index is 13.8. The molecule has 3 amide bonds. The molecule has 1 aliphatic rings. The van der Waals surface area contributed by atoms with Gasteiger partial charge in [-0.25, -0.2) is 4.79 Å². The van der Waals surface area contributed by atoms with Gasteiger partial charge >= 0.3 is 6.09 Å². The summed E-state index contributed by atoms with van der Waals surface area (Å²) in [6.45, 7) is 0.360. The van der Waals surface area contributed by atoms with E-state index in [1.165, 1.54) is 29.2 Å². The number of hydrogen-bond acceptors (Lipinski definition) is 8. The van der Waals surface area contributed by atoms with Gasteiger partial charge in [0.15, 0.2) is 5.78 Å². The fraction of sp³-hybridized carbons (Fsp3) is 0.167. The summed E-state index contributed by atoms with van der Waals surface area (Å²) in [5.41, 5.74) is 3.94. The molecule has 3 aromatic carbocycles. The highest BCUT2D eigenvalue weighted by atomic mass is 35.5. The van der Waals surface area contributed by atoms with Crippen LogP contribution in [0.15, 0.2) is 79.1 Å². The summed E-state index contributed by atoms with van der Waals surface area (Å²) in [4.78, 5) is 52.4. The van der Waals surface area contributed by atoms with Crippen LogP contribution in [0.25, 0.3) is 11.8 Å². The summed E-state index contributed by atoms with van der Waals surface area (Å²) in [6.07, 6.45) is 4.26. The normalized spacial score (nSPS) is 14.3. The molecule has 0 radical (unpaired) electrons. The van der Waals surface area contributed by atoms with E-state index in [4.69, 9.17) is 11.6 Å². The van der Waals surface area contributed by atoms with Gasteiger partial charge in [-0.05, 0) is 69.9 Å². The lowest BCUT2D eigenvalue weighted by molar-refractivity contribution is -0.136. The Hall–Kier alpha value is -5.16. The SMILES string of the molecule is COC(=O)NC(=O)c1ccc(CC(=O)[C@H]2c3ccccc3CCN2C(=O)/C=C/c2cc(Cl)ccc2-n2cnnn2)cc1. The van der Waals surface area contributed by atoms with Crippen LogP contribution in [0.4, 0.5) is 4.79 Å². The first-order valence-electron chi connectivity index (χ1n) is 12.9. The van der Waals surface area contributed by atoms with Crippen molar-refractivity contribution in [3.8, 4) is 5.69 Å². The average molecular weight is 585 g/mol. The molecule has 0 spiro atoms.